The summed E-state index contributed by atoms with van der Waals surface area (Å²) in [7, 11) is 4.29. The highest BCUT2D eigenvalue weighted by Crippen LogP contribution is 2.32. The first-order valence-corrected chi connectivity index (χ1v) is 8.89. The number of rotatable bonds is 4. The van der Waals surface area contributed by atoms with Crippen LogP contribution in [0.4, 0.5) is 0 Å². The second kappa shape index (κ2) is 6.47. The second-order valence-electron chi connectivity index (χ2n) is 6.71. The predicted molar refractivity (Wildman–Crippen MR) is 93.2 cm³/mol. The fraction of sp³-hybridized carbons (Fsp3) is 0.556. The van der Waals surface area contributed by atoms with Crippen LogP contribution in [0.5, 0.6) is 0 Å². The van der Waals surface area contributed by atoms with E-state index in [2.05, 4.69) is 54.8 Å². The molecule has 1 aliphatic rings. The van der Waals surface area contributed by atoms with Crippen molar-refractivity contribution < 1.29 is 0 Å². The van der Waals surface area contributed by atoms with E-state index in [1.54, 1.807) is 0 Å². The van der Waals surface area contributed by atoms with Gasteiger partial charge in [0.15, 0.2) is 0 Å². The topological polar surface area (TPSA) is 15.3 Å². The lowest BCUT2D eigenvalue weighted by molar-refractivity contribution is 0.333. The first kappa shape index (κ1) is 15.0. The number of fused-ring (bicyclic) bond motifs is 1. The van der Waals surface area contributed by atoms with E-state index in [1.165, 1.54) is 34.1 Å². The van der Waals surface area contributed by atoms with Crippen LogP contribution >= 0.6 is 11.3 Å². The third-order valence-corrected chi connectivity index (χ3v) is 5.58. The highest BCUT2D eigenvalue weighted by molar-refractivity contribution is 7.17. The van der Waals surface area contributed by atoms with E-state index in [4.69, 9.17) is 0 Å². The zero-order valence-corrected chi connectivity index (χ0v) is 14.2. The molecule has 1 fully saturated rings. The molecule has 1 aromatic heterocycles. The van der Waals surface area contributed by atoms with Gasteiger partial charge in [-0.3, -0.25) is 0 Å². The minimum absolute atomic E-state index is 0.548. The van der Waals surface area contributed by atoms with Gasteiger partial charge in [-0.2, -0.15) is 0 Å². The van der Waals surface area contributed by atoms with Crippen LogP contribution in [0, 0.1) is 5.92 Å². The summed E-state index contributed by atoms with van der Waals surface area (Å²) in [5, 5.41) is 7.52. The minimum atomic E-state index is 0.548. The molecule has 1 aliphatic heterocycles. The van der Waals surface area contributed by atoms with Crippen LogP contribution in [0.1, 0.15) is 36.9 Å². The Balaban J connectivity index is 1.82. The molecular formula is C18H26N2S. The fourth-order valence-electron chi connectivity index (χ4n) is 3.14. The van der Waals surface area contributed by atoms with E-state index in [-0.39, 0.29) is 0 Å². The van der Waals surface area contributed by atoms with Crippen LogP contribution in [0.3, 0.4) is 0 Å². The predicted octanol–water partition coefficient (Wildman–Crippen LogP) is 4.07. The van der Waals surface area contributed by atoms with Gasteiger partial charge in [0.1, 0.15) is 0 Å². The van der Waals surface area contributed by atoms with Gasteiger partial charge in [0, 0.05) is 17.3 Å². The minimum Gasteiger partial charge on any atom is -0.310 e. The Bertz CT molecular complexity index is 594. The van der Waals surface area contributed by atoms with Crippen molar-refractivity contribution in [2.45, 2.75) is 32.2 Å². The molecule has 114 valence electrons. The van der Waals surface area contributed by atoms with Crippen molar-refractivity contribution in [2.24, 2.45) is 5.92 Å². The molecule has 0 amide bonds. The van der Waals surface area contributed by atoms with Crippen molar-refractivity contribution in [1.82, 2.24) is 10.2 Å². The first-order valence-electron chi connectivity index (χ1n) is 8.01. The lowest BCUT2D eigenvalue weighted by atomic mass is 9.91. The standard InChI is InChI=1S/C18H26N2S/c1-13-4-6-17(19-11-13)14-5-7-18-16(10-14)15(12-21-18)8-9-20(2)3/h5,7,10,12-13,17,19H,4,6,8-9,11H2,1-3H3. The van der Waals surface area contributed by atoms with E-state index in [0.717, 1.165) is 25.4 Å². The molecule has 2 heterocycles. The summed E-state index contributed by atoms with van der Waals surface area (Å²) < 4.78 is 1.43. The Morgan fingerprint density at radius 1 is 1.29 bits per heavy atom. The molecule has 2 aromatic rings. The van der Waals surface area contributed by atoms with Gasteiger partial charge >= 0.3 is 0 Å². The Morgan fingerprint density at radius 3 is 2.86 bits per heavy atom. The summed E-state index contributed by atoms with van der Waals surface area (Å²) in [6, 6.07) is 7.62. The fourth-order valence-corrected chi connectivity index (χ4v) is 4.11. The van der Waals surface area contributed by atoms with Gasteiger partial charge in [-0.1, -0.05) is 13.0 Å². The summed E-state index contributed by atoms with van der Waals surface area (Å²) in [5.41, 5.74) is 2.98. The number of nitrogens with zero attached hydrogens (tertiary/aromatic N) is 1. The lowest BCUT2D eigenvalue weighted by Crippen LogP contribution is -2.31. The Labute approximate surface area is 132 Å². The molecule has 0 aliphatic carbocycles. The molecule has 2 nitrogen and oxygen atoms in total. The molecule has 1 saturated heterocycles. The molecule has 0 spiro atoms. The van der Waals surface area contributed by atoms with Gasteiger partial charge in [-0.15, -0.1) is 11.3 Å². The van der Waals surface area contributed by atoms with Crippen molar-refractivity contribution in [2.75, 3.05) is 27.2 Å². The Kier molecular flexibility index (Phi) is 4.63. The molecule has 1 N–H and O–H groups in total. The van der Waals surface area contributed by atoms with E-state index >= 15 is 0 Å². The van der Waals surface area contributed by atoms with Gasteiger partial charge < -0.3 is 10.2 Å². The molecule has 3 rings (SSSR count). The van der Waals surface area contributed by atoms with Crippen molar-refractivity contribution in [3.63, 3.8) is 0 Å². The highest BCUT2D eigenvalue weighted by Gasteiger charge is 2.19. The van der Waals surface area contributed by atoms with Gasteiger partial charge in [0.05, 0.1) is 0 Å². The Morgan fingerprint density at radius 2 is 2.14 bits per heavy atom. The summed E-state index contributed by atoms with van der Waals surface area (Å²) in [4.78, 5) is 2.26. The third kappa shape index (κ3) is 3.47. The number of hydrogen-bond acceptors (Lipinski definition) is 3. The van der Waals surface area contributed by atoms with Gasteiger partial charge in [-0.05, 0) is 79.8 Å². The second-order valence-corrected chi connectivity index (χ2v) is 7.62. The van der Waals surface area contributed by atoms with Crippen LogP contribution < -0.4 is 5.32 Å². The van der Waals surface area contributed by atoms with E-state index in [9.17, 15) is 0 Å². The monoisotopic (exact) mass is 302 g/mol. The normalized spacial score (nSPS) is 23.0. The zero-order valence-electron chi connectivity index (χ0n) is 13.4. The summed E-state index contributed by atoms with van der Waals surface area (Å²) >= 11 is 1.88. The number of hydrogen-bond donors (Lipinski definition) is 1. The van der Waals surface area contributed by atoms with E-state index in [1.807, 2.05) is 11.3 Å². The zero-order chi connectivity index (χ0) is 14.8. The lowest BCUT2D eigenvalue weighted by Gasteiger charge is -2.28. The largest absolute Gasteiger partial charge is 0.310 e. The van der Waals surface area contributed by atoms with Crippen LogP contribution in [0.15, 0.2) is 23.6 Å². The maximum atomic E-state index is 3.71. The van der Waals surface area contributed by atoms with Gasteiger partial charge in [0.25, 0.3) is 0 Å². The van der Waals surface area contributed by atoms with Crippen LogP contribution in [0.2, 0.25) is 0 Å². The molecule has 2 atom stereocenters. The maximum Gasteiger partial charge on any atom is 0.0345 e. The highest BCUT2D eigenvalue weighted by atomic mass is 32.1. The first-order chi connectivity index (χ1) is 10.1. The molecule has 3 heteroatoms. The summed E-state index contributed by atoms with van der Waals surface area (Å²) in [6.07, 6.45) is 3.75. The molecule has 0 bridgehead atoms. The molecule has 21 heavy (non-hydrogen) atoms. The number of likely N-dealkylation sites (N-methyl/N-ethyl adjacent to an activating group) is 1. The van der Waals surface area contributed by atoms with Crippen LogP contribution in [-0.2, 0) is 6.42 Å². The SMILES string of the molecule is CC1CCC(c2ccc3scc(CCN(C)C)c3c2)NC1. The molecule has 2 unspecified atom stereocenters. The molecule has 0 radical (unpaired) electrons. The average Bonchev–Trinajstić information content (AvgIpc) is 2.88. The number of piperidine rings is 1. The van der Waals surface area contributed by atoms with Crippen molar-refractivity contribution in [3.8, 4) is 0 Å². The molecular weight excluding hydrogens is 276 g/mol. The van der Waals surface area contributed by atoms with Crippen molar-refractivity contribution in [3.05, 3.63) is 34.7 Å². The third-order valence-electron chi connectivity index (χ3n) is 4.57. The van der Waals surface area contributed by atoms with Crippen molar-refractivity contribution >= 4 is 21.4 Å². The van der Waals surface area contributed by atoms with E-state index in [0.29, 0.717) is 6.04 Å². The summed E-state index contributed by atoms with van der Waals surface area (Å²) in [5.74, 6) is 0.821. The molecule has 1 aromatic carbocycles. The van der Waals surface area contributed by atoms with E-state index < -0.39 is 0 Å². The van der Waals surface area contributed by atoms with Crippen LogP contribution in [-0.4, -0.2) is 32.1 Å². The average molecular weight is 302 g/mol. The number of thiophene rings is 1. The summed E-state index contributed by atoms with van der Waals surface area (Å²) in [6.45, 7) is 4.61. The molecule has 0 saturated carbocycles. The number of benzene rings is 1. The van der Waals surface area contributed by atoms with Gasteiger partial charge in [0.2, 0.25) is 0 Å². The quantitative estimate of drug-likeness (QED) is 0.916. The van der Waals surface area contributed by atoms with Crippen molar-refractivity contribution in [1.29, 1.82) is 0 Å². The smallest absolute Gasteiger partial charge is 0.0345 e. The maximum absolute atomic E-state index is 3.71. The Hall–Kier alpha value is -0.900. The van der Waals surface area contributed by atoms with Gasteiger partial charge in [-0.25, -0.2) is 0 Å². The van der Waals surface area contributed by atoms with Crippen LogP contribution in [0.25, 0.3) is 10.1 Å². The number of nitrogens with one attached hydrogen (secondary N) is 1.